The van der Waals surface area contributed by atoms with E-state index < -0.39 is 0 Å². The Balaban J connectivity index is 2.17. The minimum Gasteiger partial charge on any atom is -0.633 e. The van der Waals surface area contributed by atoms with Crippen LogP contribution in [0.1, 0.15) is 18.4 Å². The van der Waals surface area contributed by atoms with Crippen molar-refractivity contribution in [3.63, 3.8) is 0 Å². The van der Waals surface area contributed by atoms with Crippen molar-refractivity contribution < 1.29 is 4.65 Å². The Bertz CT molecular complexity index is 251. The lowest BCUT2D eigenvalue weighted by atomic mass is 10.1. The molecular formula is C12H19NO. The third-order valence-electron chi connectivity index (χ3n) is 2.25. The van der Waals surface area contributed by atoms with E-state index in [-0.39, 0.29) is 4.65 Å². The fourth-order valence-corrected chi connectivity index (χ4v) is 1.47. The lowest BCUT2D eigenvalue weighted by Crippen LogP contribution is -2.33. The summed E-state index contributed by atoms with van der Waals surface area (Å²) >= 11 is 0. The largest absolute Gasteiger partial charge is 0.633 e. The predicted octanol–water partition coefficient (Wildman–Crippen LogP) is 2.58. The quantitative estimate of drug-likeness (QED) is 0.400. The molecule has 0 atom stereocenters. The van der Waals surface area contributed by atoms with Crippen molar-refractivity contribution in [2.24, 2.45) is 0 Å². The van der Waals surface area contributed by atoms with Gasteiger partial charge >= 0.3 is 0 Å². The van der Waals surface area contributed by atoms with E-state index in [9.17, 15) is 5.21 Å². The summed E-state index contributed by atoms with van der Waals surface area (Å²) < 4.78 is -0.172. The average molecular weight is 193 g/mol. The molecule has 0 N–H and O–H groups in total. The molecule has 2 heteroatoms. The first-order valence-electron chi connectivity index (χ1n) is 5.16. The molecule has 0 radical (unpaired) electrons. The van der Waals surface area contributed by atoms with Gasteiger partial charge in [0.15, 0.2) is 0 Å². The number of hydrogen-bond donors (Lipinski definition) is 0. The number of hydrogen-bond acceptors (Lipinski definition) is 1. The summed E-state index contributed by atoms with van der Waals surface area (Å²) in [5.41, 5.74) is 1.36. The van der Waals surface area contributed by atoms with Crippen molar-refractivity contribution in [3.8, 4) is 0 Å². The molecule has 0 saturated carbocycles. The molecule has 14 heavy (non-hydrogen) atoms. The summed E-state index contributed by atoms with van der Waals surface area (Å²) in [5, 5.41) is 11.3. The van der Waals surface area contributed by atoms with E-state index in [1.165, 1.54) is 5.56 Å². The summed E-state index contributed by atoms with van der Waals surface area (Å²) in [7, 11) is 3.39. The molecule has 0 aliphatic carbocycles. The minimum atomic E-state index is -0.172. The van der Waals surface area contributed by atoms with Crippen LogP contribution in [-0.4, -0.2) is 25.3 Å². The van der Waals surface area contributed by atoms with Gasteiger partial charge in [-0.2, -0.15) is 0 Å². The van der Waals surface area contributed by atoms with Crippen LogP contribution in [0, 0.1) is 5.21 Å². The molecule has 78 valence electrons. The van der Waals surface area contributed by atoms with Gasteiger partial charge in [-0.25, -0.2) is 0 Å². The van der Waals surface area contributed by atoms with Gasteiger partial charge in [-0.15, -0.1) is 0 Å². The van der Waals surface area contributed by atoms with E-state index in [1.54, 1.807) is 14.1 Å². The zero-order valence-corrected chi connectivity index (χ0v) is 9.07. The fourth-order valence-electron chi connectivity index (χ4n) is 1.47. The molecule has 0 fully saturated rings. The molecule has 2 nitrogen and oxygen atoms in total. The molecule has 1 aromatic carbocycles. The first-order valence-corrected chi connectivity index (χ1v) is 5.16. The molecule has 0 aliphatic heterocycles. The van der Waals surface area contributed by atoms with Crippen LogP contribution in [0.15, 0.2) is 30.3 Å². The van der Waals surface area contributed by atoms with Gasteiger partial charge in [0.2, 0.25) is 0 Å². The molecule has 0 aliphatic rings. The van der Waals surface area contributed by atoms with Crippen molar-refractivity contribution in [3.05, 3.63) is 41.1 Å². The zero-order valence-electron chi connectivity index (χ0n) is 9.07. The van der Waals surface area contributed by atoms with Gasteiger partial charge in [0.05, 0.1) is 20.6 Å². The monoisotopic (exact) mass is 193 g/mol. The Kier molecular flexibility index (Phi) is 4.11. The van der Waals surface area contributed by atoms with E-state index in [2.05, 4.69) is 24.3 Å². The maximum Gasteiger partial charge on any atom is 0.0779 e. The van der Waals surface area contributed by atoms with Gasteiger partial charge in [-0.1, -0.05) is 30.3 Å². The van der Waals surface area contributed by atoms with Crippen LogP contribution >= 0.6 is 0 Å². The van der Waals surface area contributed by atoms with E-state index in [0.717, 1.165) is 19.3 Å². The lowest BCUT2D eigenvalue weighted by Gasteiger charge is -2.33. The fraction of sp³-hybridized carbons (Fsp3) is 0.500. The second kappa shape index (κ2) is 5.13. The van der Waals surface area contributed by atoms with Gasteiger partial charge in [0.1, 0.15) is 0 Å². The Morgan fingerprint density at radius 1 is 1.07 bits per heavy atom. The molecular weight excluding hydrogens is 174 g/mol. The van der Waals surface area contributed by atoms with Crippen LogP contribution in [0.3, 0.4) is 0 Å². The number of nitrogens with zero attached hydrogens (tertiary/aromatic N) is 1. The number of unbranched alkanes of at least 4 members (excludes halogenated alkanes) is 1. The molecule has 0 spiro atoms. The molecule has 1 aromatic rings. The SMILES string of the molecule is C[N+](C)([O-])CCCCc1ccccc1. The maximum atomic E-state index is 11.3. The second-order valence-corrected chi connectivity index (χ2v) is 4.24. The molecule has 0 bridgehead atoms. The van der Waals surface area contributed by atoms with Crippen molar-refractivity contribution in [2.75, 3.05) is 20.6 Å². The number of quaternary nitrogens is 1. The molecule has 0 saturated heterocycles. The van der Waals surface area contributed by atoms with Gasteiger partial charge in [0.25, 0.3) is 0 Å². The van der Waals surface area contributed by atoms with Crippen LogP contribution in [0.5, 0.6) is 0 Å². The number of hydroxylamine groups is 3. The third-order valence-corrected chi connectivity index (χ3v) is 2.25. The van der Waals surface area contributed by atoms with Crippen LogP contribution in [-0.2, 0) is 6.42 Å². The van der Waals surface area contributed by atoms with Gasteiger partial charge < -0.3 is 9.85 Å². The maximum absolute atomic E-state index is 11.3. The Morgan fingerprint density at radius 3 is 2.29 bits per heavy atom. The van der Waals surface area contributed by atoms with Gasteiger partial charge in [0, 0.05) is 0 Å². The molecule has 0 heterocycles. The van der Waals surface area contributed by atoms with Crippen molar-refractivity contribution in [1.82, 2.24) is 0 Å². The van der Waals surface area contributed by atoms with Gasteiger partial charge in [-0.3, -0.25) is 0 Å². The molecule has 0 unspecified atom stereocenters. The highest BCUT2D eigenvalue weighted by Crippen LogP contribution is 2.06. The summed E-state index contributed by atoms with van der Waals surface area (Å²) in [6, 6.07) is 10.4. The van der Waals surface area contributed by atoms with Crippen LogP contribution in [0.25, 0.3) is 0 Å². The Hall–Kier alpha value is -0.860. The highest BCUT2D eigenvalue weighted by molar-refractivity contribution is 5.14. The highest BCUT2D eigenvalue weighted by atomic mass is 16.5. The third kappa shape index (κ3) is 5.00. The minimum absolute atomic E-state index is 0.172. The lowest BCUT2D eigenvalue weighted by molar-refractivity contribution is -0.840. The van der Waals surface area contributed by atoms with Crippen molar-refractivity contribution in [2.45, 2.75) is 19.3 Å². The zero-order chi connectivity index (χ0) is 10.4. The Morgan fingerprint density at radius 2 is 1.71 bits per heavy atom. The molecule has 0 amide bonds. The summed E-state index contributed by atoms with van der Waals surface area (Å²) in [6.07, 6.45) is 3.19. The summed E-state index contributed by atoms with van der Waals surface area (Å²) in [4.78, 5) is 0. The van der Waals surface area contributed by atoms with Crippen LogP contribution in [0.4, 0.5) is 0 Å². The number of aryl methyl sites for hydroxylation is 1. The first kappa shape index (κ1) is 11.2. The van der Waals surface area contributed by atoms with E-state index in [1.807, 2.05) is 6.07 Å². The second-order valence-electron chi connectivity index (χ2n) is 4.24. The smallest absolute Gasteiger partial charge is 0.0779 e. The Labute approximate surface area is 86.3 Å². The number of rotatable bonds is 5. The standard InChI is InChI=1S/C12H19NO/c1-13(2,14)11-7-6-10-12-8-4-3-5-9-12/h3-5,8-9H,6-7,10-11H2,1-2H3. The van der Waals surface area contributed by atoms with Crippen molar-refractivity contribution in [1.29, 1.82) is 0 Å². The molecule has 1 rings (SSSR count). The molecule has 0 aromatic heterocycles. The summed E-state index contributed by atoms with van der Waals surface area (Å²) in [6.45, 7) is 0.715. The van der Waals surface area contributed by atoms with E-state index in [4.69, 9.17) is 0 Å². The van der Waals surface area contributed by atoms with Crippen molar-refractivity contribution >= 4 is 0 Å². The van der Waals surface area contributed by atoms with Crippen LogP contribution in [0.2, 0.25) is 0 Å². The number of benzene rings is 1. The van der Waals surface area contributed by atoms with E-state index >= 15 is 0 Å². The van der Waals surface area contributed by atoms with E-state index in [0.29, 0.717) is 6.54 Å². The summed E-state index contributed by atoms with van der Waals surface area (Å²) in [5.74, 6) is 0. The van der Waals surface area contributed by atoms with Crippen LogP contribution < -0.4 is 0 Å². The topological polar surface area (TPSA) is 23.1 Å². The average Bonchev–Trinajstić information content (AvgIpc) is 2.13. The van der Waals surface area contributed by atoms with Gasteiger partial charge in [-0.05, 0) is 24.8 Å². The predicted molar refractivity (Wildman–Crippen MR) is 59.7 cm³/mol. The normalized spacial score (nSPS) is 11.6. The highest BCUT2D eigenvalue weighted by Gasteiger charge is 2.00. The first-order chi connectivity index (χ1) is 6.58.